The van der Waals surface area contributed by atoms with Crippen LogP contribution in [-0.2, 0) is 20.7 Å². The molecule has 0 aromatic heterocycles. The second kappa shape index (κ2) is 10.5. The van der Waals surface area contributed by atoms with Gasteiger partial charge in [-0.1, -0.05) is 43.3 Å². The number of likely N-dealkylation sites (tertiary alicyclic amines) is 1. The molecule has 0 bridgehead atoms. The molecule has 2 aromatic rings. The Morgan fingerprint density at radius 3 is 2.16 bits per heavy atom. The number of aryl methyl sites for hydroxylation is 1. The molecule has 6 nitrogen and oxygen atoms in total. The fraction of sp³-hybridized carbons (Fsp3) is 0.385. The van der Waals surface area contributed by atoms with Gasteiger partial charge in [0, 0.05) is 38.0 Å². The summed E-state index contributed by atoms with van der Waals surface area (Å²) in [4.78, 5) is 29.6. The number of aliphatic hydroxyl groups excluding tert-OH is 1. The van der Waals surface area contributed by atoms with Crippen LogP contribution in [-0.4, -0.2) is 55.0 Å². The molecule has 32 heavy (non-hydrogen) atoms. The summed E-state index contributed by atoms with van der Waals surface area (Å²) in [5.74, 6) is -1.44. The first kappa shape index (κ1) is 23.5. The minimum absolute atomic E-state index is 0.117. The topological polar surface area (TPSA) is 70.1 Å². The Kier molecular flexibility index (Phi) is 7.70. The predicted molar refractivity (Wildman–Crippen MR) is 127 cm³/mol. The van der Waals surface area contributed by atoms with E-state index in [1.165, 1.54) is 4.90 Å². The molecule has 1 saturated heterocycles. The number of hydrogen-bond acceptors (Lipinski definition) is 5. The van der Waals surface area contributed by atoms with Gasteiger partial charge in [-0.25, -0.2) is 0 Å². The number of ether oxygens (including phenoxy) is 1. The maximum Gasteiger partial charge on any atom is 0.295 e. The third-order valence-electron chi connectivity index (χ3n) is 6.05. The monoisotopic (exact) mass is 436 g/mol. The highest BCUT2D eigenvalue weighted by Crippen LogP contribution is 2.39. The summed E-state index contributed by atoms with van der Waals surface area (Å²) in [6, 6.07) is 14.6. The van der Waals surface area contributed by atoms with Crippen molar-refractivity contribution >= 4 is 23.1 Å². The molecule has 1 amide bonds. The van der Waals surface area contributed by atoms with Crippen LogP contribution in [0.1, 0.15) is 43.5 Å². The molecule has 2 aromatic carbocycles. The zero-order valence-electron chi connectivity index (χ0n) is 19.3. The Morgan fingerprint density at radius 2 is 1.62 bits per heavy atom. The maximum absolute atomic E-state index is 13.0. The summed E-state index contributed by atoms with van der Waals surface area (Å²) in [5, 5.41) is 11.1. The van der Waals surface area contributed by atoms with Gasteiger partial charge in [0.2, 0.25) is 0 Å². The SMILES string of the molecule is CCc1ccc(/C(O)=C2/C(=O)C(=O)N(CCOC)C2c2ccc(N(CC)CC)cc2)cc1. The van der Waals surface area contributed by atoms with E-state index in [2.05, 4.69) is 25.7 Å². The first-order valence-electron chi connectivity index (χ1n) is 11.2. The Morgan fingerprint density at radius 1 is 1.00 bits per heavy atom. The second-order valence-electron chi connectivity index (χ2n) is 7.80. The number of aliphatic hydroxyl groups is 1. The molecule has 170 valence electrons. The van der Waals surface area contributed by atoms with Crippen molar-refractivity contribution in [1.29, 1.82) is 0 Å². The molecular weight excluding hydrogens is 404 g/mol. The van der Waals surface area contributed by atoms with E-state index in [-0.39, 0.29) is 17.9 Å². The minimum Gasteiger partial charge on any atom is -0.507 e. The number of rotatable bonds is 9. The Balaban J connectivity index is 2.09. The summed E-state index contributed by atoms with van der Waals surface area (Å²) in [6.45, 7) is 8.58. The summed E-state index contributed by atoms with van der Waals surface area (Å²) in [6.07, 6.45) is 0.876. The summed E-state index contributed by atoms with van der Waals surface area (Å²) in [7, 11) is 1.56. The lowest BCUT2D eigenvalue weighted by molar-refractivity contribution is -0.140. The Labute approximate surface area is 190 Å². The molecule has 1 aliphatic heterocycles. The second-order valence-corrected chi connectivity index (χ2v) is 7.80. The van der Waals surface area contributed by atoms with Gasteiger partial charge in [0.25, 0.3) is 11.7 Å². The van der Waals surface area contributed by atoms with E-state index in [9.17, 15) is 14.7 Å². The van der Waals surface area contributed by atoms with Crippen LogP contribution < -0.4 is 4.90 Å². The van der Waals surface area contributed by atoms with Crippen LogP contribution in [0.5, 0.6) is 0 Å². The van der Waals surface area contributed by atoms with Gasteiger partial charge in [-0.2, -0.15) is 0 Å². The third kappa shape index (κ3) is 4.55. The molecule has 3 rings (SSSR count). The van der Waals surface area contributed by atoms with Crippen LogP contribution >= 0.6 is 0 Å². The van der Waals surface area contributed by atoms with Gasteiger partial charge in [0.15, 0.2) is 0 Å². The largest absolute Gasteiger partial charge is 0.507 e. The molecular formula is C26H32N2O4. The first-order chi connectivity index (χ1) is 15.5. The predicted octanol–water partition coefficient (Wildman–Crippen LogP) is 4.16. The van der Waals surface area contributed by atoms with E-state index >= 15 is 0 Å². The van der Waals surface area contributed by atoms with E-state index < -0.39 is 17.7 Å². The number of amides is 1. The van der Waals surface area contributed by atoms with Crippen molar-refractivity contribution < 1.29 is 19.4 Å². The molecule has 0 saturated carbocycles. The van der Waals surface area contributed by atoms with Crippen molar-refractivity contribution in [2.24, 2.45) is 0 Å². The number of benzene rings is 2. The van der Waals surface area contributed by atoms with Crippen molar-refractivity contribution in [1.82, 2.24) is 4.90 Å². The van der Waals surface area contributed by atoms with Crippen LogP contribution in [0.25, 0.3) is 5.76 Å². The van der Waals surface area contributed by atoms with E-state index in [1.54, 1.807) is 19.2 Å². The smallest absolute Gasteiger partial charge is 0.295 e. The fourth-order valence-corrected chi connectivity index (χ4v) is 4.16. The van der Waals surface area contributed by atoms with Crippen LogP contribution in [0.4, 0.5) is 5.69 Å². The summed E-state index contributed by atoms with van der Waals surface area (Å²) in [5.41, 5.74) is 3.62. The average molecular weight is 437 g/mol. The number of methoxy groups -OCH3 is 1. The highest BCUT2D eigenvalue weighted by molar-refractivity contribution is 6.46. The van der Waals surface area contributed by atoms with Crippen LogP contribution in [0.3, 0.4) is 0 Å². The quantitative estimate of drug-likeness (QED) is 0.363. The third-order valence-corrected chi connectivity index (χ3v) is 6.05. The zero-order valence-corrected chi connectivity index (χ0v) is 19.3. The normalized spacial score (nSPS) is 17.8. The molecule has 0 aliphatic carbocycles. The van der Waals surface area contributed by atoms with E-state index in [4.69, 9.17) is 4.74 Å². The number of ketones is 1. The van der Waals surface area contributed by atoms with Gasteiger partial charge in [0.1, 0.15) is 5.76 Å². The molecule has 1 N–H and O–H groups in total. The number of nitrogens with zero attached hydrogens (tertiary/aromatic N) is 2. The molecule has 6 heteroatoms. The molecule has 1 unspecified atom stereocenters. The minimum atomic E-state index is -0.670. The Hall–Kier alpha value is -3.12. The molecule has 0 radical (unpaired) electrons. The van der Waals surface area contributed by atoms with Crippen LogP contribution in [0.2, 0.25) is 0 Å². The molecule has 0 spiro atoms. The number of Topliss-reactive ketones (excluding diaryl/α,β-unsaturated/α-hetero) is 1. The molecule has 1 atom stereocenters. The number of carbonyl (C=O) groups excluding carboxylic acids is 2. The summed E-state index contributed by atoms with van der Waals surface area (Å²) < 4.78 is 5.17. The lowest BCUT2D eigenvalue weighted by atomic mass is 9.94. The number of carbonyl (C=O) groups is 2. The lowest BCUT2D eigenvalue weighted by Gasteiger charge is -2.26. The van der Waals surface area contributed by atoms with Gasteiger partial charge in [-0.15, -0.1) is 0 Å². The summed E-state index contributed by atoms with van der Waals surface area (Å²) >= 11 is 0. The van der Waals surface area contributed by atoms with Crippen LogP contribution in [0, 0.1) is 0 Å². The van der Waals surface area contributed by atoms with E-state index in [1.807, 2.05) is 36.4 Å². The highest BCUT2D eigenvalue weighted by atomic mass is 16.5. The van der Waals surface area contributed by atoms with Crippen molar-refractivity contribution in [3.8, 4) is 0 Å². The van der Waals surface area contributed by atoms with E-state index in [0.29, 0.717) is 12.2 Å². The van der Waals surface area contributed by atoms with Crippen molar-refractivity contribution in [2.45, 2.75) is 33.2 Å². The first-order valence-corrected chi connectivity index (χ1v) is 11.2. The molecule has 1 aliphatic rings. The fourth-order valence-electron chi connectivity index (χ4n) is 4.16. The van der Waals surface area contributed by atoms with Gasteiger partial charge >= 0.3 is 0 Å². The van der Waals surface area contributed by atoms with Gasteiger partial charge in [-0.05, 0) is 43.5 Å². The van der Waals surface area contributed by atoms with E-state index in [0.717, 1.165) is 36.3 Å². The lowest BCUT2D eigenvalue weighted by Crippen LogP contribution is -2.32. The zero-order chi connectivity index (χ0) is 23.3. The Bertz CT molecular complexity index is 976. The molecule has 1 heterocycles. The number of hydrogen-bond donors (Lipinski definition) is 1. The van der Waals surface area contributed by atoms with Gasteiger partial charge < -0.3 is 19.6 Å². The van der Waals surface area contributed by atoms with Gasteiger partial charge in [-0.3, -0.25) is 9.59 Å². The maximum atomic E-state index is 13.0. The molecule has 1 fully saturated rings. The standard InChI is InChI=1S/C26H32N2O4/c1-5-18-8-10-20(11-9-18)24(29)22-23(28(16-17-32-4)26(31)25(22)30)19-12-14-21(15-13-19)27(6-2)7-3/h8-15,23,29H,5-7,16-17H2,1-4H3/b24-22-. The van der Waals surface area contributed by atoms with Crippen molar-refractivity contribution in [3.05, 3.63) is 70.8 Å². The number of anilines is 1. The van der Waals surface area contributed by atoms with Crippen molar-refractivity contribution in [3.63, 3.8) is 0 Å². The van der Waals surface area contributed by atoms with Crippen LogP contribution in [0.15, 0.2) is 54.1 Å². The highest BCUT2D eigenvalue weighted by Gasteiger charge is 2.45. The van der Waals surface area contributed by atoms with Crippen molar-refractivity contribution in [2.75, 3.05) is 38.3 Å². The average Bonchev–Trinajstić information content (AvgIpc) is 3.08. The van der Waals surface area contributed by atoms with Gasteiger partial charge in [0.05, 0.1) is 18.2 Å².